The topological polar surface area (TPSA) is 15.3 Å². The van der Waals surface area contributed by atoms with Crippen molar-refractivity contribution in [2.75, 3.05) is 19.6 Å². The van der Waals surface area contributed by atoms with Gasteiger partial charge in [0.25, 0.3) is 0 Å². The van der Waals surface area contributed by atoms with E-state index in [9.17, 15) is 0 Å². The van der Waals surface area contributed by atoms with E-state index in [4.69, 9.17) is 0 Å². The smallest absolute Gasteiger partial charge is 0.0309 e. The average Bonchev–Trinajstić information content (AvgIpc) is 2.79. The molecule has 1 N–H and O–H groups in total. The van der Waals surface area contributed by atoms with Crippen molar-refractivity contribution >= 4 is 0 Å². The summed E-state index contributed by atoms with van der Waals surface area (Å²) in [6.45, 7) is 4.84. The second kappa shape index (κ2) is 4.79. The Bertz CT molecular complexity index is 354. The van der Waals surface area contributed by atoms with E-state index in [2.05, 4.69) is 40.5 Å². The molecule has 3 rings (SSSR count). The van der Waals surface area contributed by atoms with E-state index in [-0.39, 0.29) is 0 Å². The normalized spacial score (nSPS) is 29.9. The molecule has 1 aromatic carbocycles. The van der Waals surface area contributed by atoms with Crippen molar-refractivity contribution in [1.82, 2.24) is 10.2 Å². The molecule has 0 radical (unpaired) electrons. The fraction of sp³-hybridized carbons (Fsp3) is 0.600. The summed E-state index contributed by atoms with van der Waals surface area (Å²) < 4.78 is 0. The maximum atomic E-state index is 3.75. The third kappa shape index (κ3) is 2.53. The molecule has 17 heavy (non-hydrogen) atoms. The standard InChI is InChI=1S/C15H22N2/c1-2-6-14(7-3-1)12-17-11-5-9-15(13-17)8-4-10-16-15/h1-3,6-7,16H,4-5,8-13H2/t15-/m0/s1. The highest BCUT2D eigenvalue weighted by Gasteiger charge is 2.37. The first-order valence-corrected chi connectivity index (χ1v) is 6.88. The number of rotatable bonds is 2. The molecule has 2 nitrogen and oxygen atoms in total. The molecular weight excluding hydrogens is 208 g/mol. The van der Waals surface area contributed by atoms with Gasteiger partial charge in [-0.2, -0.15) is 0 Å². The van der Waals surface area contributed by atoms with Gasteiger partial charge >= 0.3 is 0 Å². The quantitative estimate of drug-likeness (QED) is 0.839. The lowest BCUT2D eigenvalue weighted by molar-refractivity contribution is 0.129. The number of hydrogen-bond donors (Lipinski definition) is 1. The molecule has 0 aliphatic carbocycles. The largest absolute Gasteiger partial charge is 0.310 e. The molecule has 2 aliphatic rings. The molecule has 2 heterocycles. The van der Waals surface area contributed by atoms with Gasteiger partial charge in [-0.25, -0.2) is 0 Å². The molecule has 0 bridgehead atoms. The molecule has 0 amide bonds. The van der Waals surface area contributed by atoms with Gasteiger partial charge in [0.2, 0.25) is 0 Å². The molecule has 2 fully saturated rings. The Morgan fingerprint density at radius 3 is 2.71 bits per heavy atom. The van der Waals surface area contributed by atoms with Gasteiger partial charge in [-0.15, -0.1) is 0 Å². The van der Waals surface area contributed by atoms with Crippen molar-refractivity contribution in [2.45, 2.75) is 37.8 Å². The predicted molar refractivity (Wildman–Crippen MR) is 70.9 cm³/mol. The number of benzene rings is 1. The number of nitrogens with zero attached hydrogens (tertiary/aromatic N) is 1. The fourth-order valence-corrected chi connectivity index (χ4v) is 3.42. The summed E-state index contributed by atoms with van der Waals surface area (Å²) >= 11 is 0. The zero-order chi connectivity index (χ0) is 11.6. The number of nitrogens with one attached hydrogen (secondary N) is 1. The first-order chi connectivity index (χ1) is 8.36. The van der Waals surface area contributed by atoms with Crippen LogP contribution < -0.4 is 5.32 Å². The van der Waals surface area contributed by atoms with Crippen LogP contribution in [0.15, 0.2) is 30.3 Å². The Morgan fingerprint density at radius 2 is 1.94 bits per heavy atom. The Balaban J connectivity index is 1.64. The molecule has 2 aliphatic heterocycles. The van der Waals surface area contributed by atoms with Crippen molar-refractivity contribution in [2.24, 2.45) is 0 Å². The van der Waals surface area contributed by atoms with Crippen molar-refractivity contribution in [3.05, 3.63) is 35.9 Å². The fourth-order valence-electron chi connectivity index (χ4n) is 3.42. The first-order valence-electron chi connectivity index (χ1n) is 6.88. The lowest BCUT2D eigenvalue weighted by atomic mass is 9.87. The zero-order valence-corrected chi connectivity index (χ0v) is 10.5. The minimum atomic E-state index is 0.451. The molecule has 92 valence electrons. The molecule has 1 atom stereocenters. The van der Waals surface area contributed by atoms with Gasteiger partial charge < -0.3 is 5.32 Å². The Kier molecular flexibility index (Phi) is 3.17. The second-order valence-corrected chi connectivity index (χ2v) is 5.61. The predicted octanol–water partition coefficient (Wildman–Crippen LogP) is 2.40. The molecule has 1 spiro atoms. The number of piperidine rings is 1. The van der Waals surface area contributed by atoms with Crippen LogP contribution in [-0.2, 0) is 6.54 Å². The van der Waals surface area contributed by atoms with E-state index < -0.39 is 0 Å². The van der Waals surface area contributed by atoms with Crippen LogP contribution in [0.2, 0.25) is 0 Å². The number of likely N-dealkylation sites (tertiary alicyclic amines) is 1. The number of hydrogen-bond acceptors (Lipinski definition) is 2. The monoisotopic (exact) mass is 230 g/mol. The van der Waals surface area contributed by atoms with Crippen molar-refractivity contribution in [3.63, 3.8) is 0 Å². The van der Waals surface area contributed by atoms with Gasteiger partial charge in [0, 0.05) is 18.6 Å². The Hall–Kier alpha value is -0.860. The summed E-state index contributed by atoms with van der Waals surface area (Å²) in [6.07, 6.45) is 5.45. The van der Waals surface area contributed by atoms with Gasteiger partial charge in [0.1, 0.15) is 0 Å². The zero-order valence-electron chi connectivity index (χ0n) is 10.5. The van der Waals surface area contributed by atoms with E-state index in [0.717, 1.165) is 6.54 Å². The van der Waals surface area contributed by atoms with Crippen LogP contribution in [0.1, 0.15) is 31.2 Å². The highest BCUT2D eigenvalue weighted by Crippen LogP contribution is 2.30. The van der Waals surface area contributed by atoms with Crippen LogP contribution in [0.4, 0.5) is 0 Å². The van der Waals surface area contributed by atoms with E-state index in [1.165, 1.54) is 50.9 Å². The summed E-state index contributed by atoms with van der Waals surface area (Å²) in [7, 11) is 0. The average molecular weight is 230 g/mol. The summed E-state index contributed by atoms with van der Waals surface area (Å²) in [6, 6.07) is 10.9. The van der Waals surface area contributed by atoms with E-state index in [1.54, 1.807) is 0 Å². The summed E-state index contributed by atoms with van der Waals surface area (Å²) in [5.74, 6) is 0. The van der Waals surface area contributed by atoms with Crippen molar-refractivity contribution < 1.29 is 0 Å². The SMILES string of the molecule is c1ccc(CN2CCC[C@@]3(CCCN3)C2)cc1. The highest BCUT2D eigenvalue weighted by atomic mass is 15.2. The maximum absolute atomic E-state index is 3.75. The lowest BCUT2D eigenvalue weighted by Gasteiger charge is -2.40. The minimum Gasteiger partial charge on any atom is -0.310 e. The third-order valence-electron chi connectivity index (χ3n) is 4.24. The second-order valence-electron chi connectivity index (χ2n) is 5.61. The van der Waals surface area contributed by atoms with E-state index >= 15 is 0 Å². The lowest BCUT2D eigenvalue weighted by Crippen LogP contribution is -2.53. The van der Waals surface area contributed by atoms with Gasteiger partial charge in [0.15, 0.2) is 0 Å². The maximum Gasteiger partial charge on any atom is 0.0309 e. The van der Waals surface area contributed by atoms with Gasteiger partial charge in [-0.1, -0.05) is 30.3 Å². The molecule has 0 unspecified atom stereocenters. The first kappa shape index (κ1) is 11.2. The highest BCUT2D eigenvalue weighted by molar-refractivity contribution is 5.15. The van der Waals surface area contributed by atoms with Crippen LogP contribution in [0.3, 0.4) is 0 Å². The van der Waals surface area contributed by atoms with Crippen LogP contribution in [-0.4, -0.2) is 30.1 Å². The van der Waals surface area contributed by atoms with Crippen LogP contribution >= 0.6 is 0 Å². The summed E-state index contributed by atoms with van der Waals surface area (Å²) in [4.78, 5) is 2.62. The van der Waals surface area contributed by atoms with Crippen LogP contribution in [0.25, 0.3) is 0 Å². The van der Waals surface area contributed by atoms with Crippen LogP contribution in [0.5, 0.6) is 0 Å². The summed E-state index contributed by atoms with van der Waals surface area (Å²) in [5.41, 5.74) is 1.90. The summed E-state index contributed by atoms with van der Waals surface area (Å²) in [5, 5.41) is 3.75. The van der Waals surface area contributed by atoms with Gasteiger partial charge in [-0.05, 0) is 44.3 Å². The van der Waals surface area contributed by atoms with E-state index in [1.807, 2.05) is 0 Å². The molecular formula is C15H22N2. The third-order valence-corrected chi connectivity index (χ3v) is 4.24. The molecule has 1 aromatic rings. The Labute approximate surface area is 104 Å². The molecule has 0 aromatic heterocycles. The van der Waals surface area contributed by atoms with Crippen molar-refractivity contribution in [3.8, 4) is 0 Å². The molecule has 2 heteroatoms. The van der Waals surface area contributed by atoms with Gasteiger partial charge in [0.05, 0.1) is 0 Å². The van der Waals surface area contributed by atoms with Crippen molar-refractivity contribution in [1.29, 1.82) is 0 Å². The van der Waals surface area contributed by atoms with E-state index in [0.29, 0.717) is 5.54 Å². The molecule has 0 saturated carbocycles. The van der Waals surface area contributed by atoms with Crippen LogP contribution in [0, 0.1) is 0 Å². The Morgan fingerprint density at radius 1 is 1.12 bits per heavy atom. The molecule has 2 saturated heterocycles. The van der Waals surface area contributed by atoms with Gasteiger partial charge in [-0.3, -0.25) is 4.90 Å². The minimum absolute atomic E-state index is 0.451.